The molecule has 0 aliphatic heterocycles. The fourth-order valence-electron chi connectivity index (χ4n) is 8.91. The molecule has 0 fully saturated rings. The number of hydrogen-bond donors (Lipinski definition) is 0. The SMILES string of the molecule is CCCCCCCCC/C=C\CCCCCCCC(=O)OC(COC(=O)CCCCCCC/C=C\CCCCCCCCCCC)COC(=O)CCCCCCCCCCCCCCCCC. The zero-order valence-corrected chi connectivity index (χ0v) is 45.2. The average Bonchev–Trinajstić information content (AvgIpc) is 3.33. The van der Waals surface area contributed by atoms with E-state index < -0.39 is 6.10 Å². The molecular formula is C61H114O6. The molecule has 0 aromatic rings. The third kappa shape index (κ3) is 54.7. The summed E-state index contributed by atoms with van der Waals surface area (Å²) in [5.41, 5.74) is 0. The second-order valence-electron chi connectivity index (χ2n) is 20.3. The lowest BCUT2D eigenvalue weighted by Gasteiger charge is -2.18. The largest absolute Gasteiger partial charge is 0.462 e. The van der Waals surface area contributed by atoms with Gasteiger partial charge in [0.15, 0.2) is 6.10 Å². The summed E-state index contributed by atoms with van der Waals surface area (Å²) in [5, 5.41) is 0. The number of hydrogen-bond acceptors (Lipinski definition) is 6. The van der Waals surface area contributed by atoms with Gasteiger partial charge in [0.1, 0.15) is 13.2 Å². The monoisotopic (exact) mass is 943 g/mol. The van der Waals surface area contributed by atoms with Crippen LogP contribution in [0.5, 0.6) is 0 Å². The van der Waals surface area contributed by atoms with Gasteiger partial charge in [-0.15, -0.1) is 0 Å². The summed E-state index contributed by atoms with van der Waals surface area (Å²) in [6.07, 6.45) is 66.0. The van der Waals surface area contributed by atoms with E-state index in [4.69, 9.17) is 14.2 Å². The molecular weight excluding hydrogens is 829 g/mol. The van der Waals surface area contributed by atoms with Gasteiger partial charge in [-0.05, 0) is 70.6 Å². The van der Waals surface area contributed by atoms with Gasteiger partial charge in [0.25, 0.3) is 0 Å². The van der Waals surface area contributed by atoms with Gasteiger partial charge in [-0.1, -0.05) is 263 Å². The molecule has 0 bridgehead atoms. The highest BCUT2D eigenvalue weighted by molar-refractivity contribution is 5.71. The van der Waals surface area contributed by atoms with E-state index in [0.29, 0.717) is 19.3 Å². The van der Waals surface area contributed by atoms with Crippen LogP contribution >= 0.6 is 0 Å². The summed E-state index contributed by atoms with van der Waals surface area (Å²) in [7, 11) is 0. The number of unbranched alkanes of at least 4 members (excludes halogenated alkanes) is 40. The molecule has 0 saturated heterocycles. The average molecular weight is 944 g/mol. The van der Waals surface area contributed by atoms with E-state index in [2.05, 4.69) is 45.1 Å². The highest BCUT2D eigenvalue weighted by Crippen LogP contribution is 2.17. The molecule has 0 aliphatic carbocycles. The highest BCUT2D eigenvalue weighted by Gasteiger charge is 2.19. The van der Waals surface area contributed by atoms with Crippen molar-refractivity contribution in [2.45, 2.75) is 335 Å². The maximum Gasteiger partial charge on any atom is 0.306 e. The highest BCUT2D eigenvalue weighted by atomic mass is 16.6. The zero-order chi connectivity index (χ0) is 48.6. The second-order valence-corrected chi connectivity index (χ2v) is 20.3. The molecule has 0 aliphatic rings. The minimum atomic E-state index is -0.775. The number of ether oxygens (including phenoxy) is 3. The Labute approximate surface area is 417 Å². The Morgan fingerprint density at radius 2 is 0.493 bits per heavy atom. The molecule has 0 heterocycles. The fraction of sp³-hybridized carbons (Fsp3) is 0.885. The van der Waals surface area contributed by atoms with Crippen molar-refractivity contribution in [1.29, 1.82) is 0 Å². The molecule has 0 saturated carbocycles. The number of esters is 3. The summed E-state index contributed by atoms with van der Waals surface area (Å²) in [6, 6.07) is 0. The zero-order valence-electron chi connectivity index (χ0n) is 45.2. The molecule has 1 atom stereocenters. The first-order valence-corrected chi connectivity index (χ1v) is 29.8. The van der Waals surface area contributed by atoms with Crippen LogP contribution in [-0.2, 0) is 28.6 Å². The lowest BCUT2D eigenvalue weighted by molar-refractivity contribution is -0.167. The Kier molecular flexibility index (Phi) is 54.7. The van der Waals surface area contributed by atoms with Crippen molar-refractivity contribution >= 4 is 17.9 Å². The number of carbonyl (C=O) groups is 3. The van der Waals surface area contributed by atoms with Crippen LogP contribution in [0.2, 0.25) is 0 Å². The molecule has 0 spiro atoms. The van der Waals surface area contributed by atoms with Crippen LogP contribution in [0.3, 0.4) is 0 Å². The van der Waals surface area contributed by atoms with Crippen LogP contribution in [0, 0.1) is 0 Å². The van der Waals surface area contributed by atoms with Crippen molar-refractivity contribution < 1.29 is 28.6 Å². The first-order chi connectivity index (χ1) is 33.0. The third-order valence-electron chi connectivity index (χ3n) is 13.4. The van der Waals surface area contributed by atoms with Crippen molar-refractivity contribution in [2.24, 2.45) is 0 Å². The van der Waals surface area contributed by atoms with Crippen LogP contribution in [0.1, 0.15) is 329 Å². The van der Waals surface area contributed by atoms with Gasteiger partial charge in [0.2, 0.25) is 0 Å². The molecule has 394 valence electrons. The molecule has 0 aromatic heterocycles. The van der Waals surface area contributed by atoms with Gasteiger partial charge in [0, 0.05) is 19.3 Å². The van der Waals surface area contributed by atoms with E-state index in [-0.39, 0.29) is 31.1 Å². The standard InChI is InChI=1S/C61H114O6/c1-4-7-10-13-16-19-22-25-28-30-31-34-36-39-42-45-48-51-54-60(63)66-57-58(56-65-59(62)53-50-47-44-41-38-35-32-27-24-21-18-15-12-9-6-3)67-61(64)55-52-49-46-43-40-37-33-29-26-23-20-17-14-11-8-5-2/h29,31,33-34,58H,4-28,30,32,35-57H2,1-3H3/b33-29-,34-31-. The van der Waals surface area contributed by atoms with Gasteiger partial charge in [0.05, 0.1) is 0 Å². The van der Waals surface area contributed by atoms with Crippen LogP contribution < -0.4 is 0 Å². The maximum atomic E-state index is 12.9. The molecule has 0 rings (SSSR count). The molecule has 0 radical (unpaired) electrons. The summed E-state index contributed by atoms with van der Waals surface area (Å²) < 4.78 is 16.9. The normalized spacial score (nSPS) is 12.1. The smallest absolute Gasteiger partial charge is 0.306 e. The molecule has 0 N–H and O–H groups in total. The van der Waals surface area contributed by atoms with Crippen molar-refractivity contribution in [2.75, 3.05) is 13.2 Å². The Hall–Kier alpha value is -2.11. The van der Waals surface area contributed by atoms with Crippen molar-refractivity contribution in [3.63, 3.8) is 0 Å². The first kappa shape index (κ1) is 64.9. The number of allylic oxidation sites excluding steroid dienone is 4. The van der Waals surface area contributed by atoms with Gasteiger partial charge < -0.3 is 14.2 Å². The quantitative estimate of drug-likeness (QED) is 0.0262. The molecule has 0 aromatic carbocycles. The number of rotatable bonds is 55. The minimum absolute atomic E-state index is 0.0727. The van der Waals surface area contributed by atoms with E-state index >= 15 is 0 Å². The van der Waals surface area contributed by atoms with E-state index in [1.807, 2.05) is 0 Å². The van der Waals surface area contributed by atoms with Crippen molar-refractivity contribution in [3.8, 4) is 0 Å². The van der Waals surface area contributed by atoms with Gasteiger partial charge in [-0.25, -0.2) is 0 Å². The van der Waals surface area contributed by atoms with E-state index in [0.717, 1.165) is 70.6 Å². The lowest BCUT2D eigenvalue weighted by atomic mass is 10.0. The van der Waals surface area contributed by atoms with Gasteiger partial charge in [-0.3, -0.25) is 14.4 Å². The van der Waals surface area contributed by atoms with E-state index in [9.17, 15) is 14.4 Å². The number of carbonyl (C=O) groups excluding carboxylic acids is 3. The van der Waals surface area contributed by atoms with Crippen LogP contribution in [0.25, 0.3) is 0 Å². The summed E-state index contributed by atoms with van der Waals surface area (Å²) in [4.78, 5) is 38.2. The minimum Gasteiger partial charge on any atom is -0.462 e. The van der Waals surface area contributed by atoms with Crippen LogP contribution in [0.15, 0.2) is 24.3 Å². The second kappa shape index (κ2) is 56.5. The molecule has 0 amide bonds. The Bertz CT molecular complexity index is 1080. The molecule has 67 heavy (non-hydrogen) atoms. The predicted molar refractivity (Wildman–Crippen MR) is 289 cm³/mol. The van der Waals surface area contributed by atoms with E-state index in [1.165, 1.54) is 218 Å². The topological polar surface area (TPSA) is 78.9 Å². The Morgan fingerprint density at radius 1 is 0.284 bits per heavy atom. The molecule has 1 unspecified atom stereocenters. The van der Waals surface area contributed by atoms with Gasteiger partial charge >= 0.3 is 17.9 Å². The molecule has 6 nitrogen and oxygen atoms in total. The van der Waals surface area contributed by atoms with Crippen molar-refractivity contribution in [3.05, 3.63) is 24.3 Å². The fourth-order valence-corrected chi connectivity index (χ4v) is 8.91. The summed E-state index contributed by atoms with van der Waals surface area (Å²) >= 11 is 0. The Balaban J connectivity index is 4.35. The Morgan fingerprint density at radius 3 is 0.746 bits per heavy atom. The molecule has 6 heteroatoms. The van der Waals surface area contributed by atoms with Crippen LogP contribution in [-0.4, -0.2) is 37.2 Å². The van der Waals surface area contributed by atoms with E-state index in [1.54, 1.807) is 0 Å². The summed E-state index contributed by atoms with van der Waals surface area (Å²) in [5.74, 6) is -0.868. The maximum absolute atomic E-state index is 12.9. The first-order valence-electron chi connectivity index (χ1n) is 29.8. The van der Waals surface area contributed by atoms with Crippen molar-refractivity contribution in [1.82, 2.24) is 0 Å². The lowest BCUT2D eigenvalue weighted by Crippen LogP contribution is -2.30. The van der Waals surface area contributed by atoms with Gasteiger partial charge in [-0.2, -0.15) is 0 Å². The van der Waals surface area contributed by atoms with Crippen LogP contribution in [0.4, 0.5) is 0 Å². The third-order valence-corrected chi connectivity index (χ3v) is 13.4. The predicted octanol–water partition coefficient (Wildman–Crippen LogP) is 19.9. The summed E-state index contributed by atoms with van der Waals surface area (Å²) in [6.45, 7) is 6.68.